The Morgan fingerprint density at radius 2 is 2.12 bits per heavy atom. The number of hydrogen-bond donors (Lipinski definition) is 2. The van der Waals surface area contributed by atoms with E-state index in [-0.39, 0.29) is 11.6 Å². The zero-order valence-corrected chi connectivity index (χ0v) is 15.3. The van der Waals surface area contributed by atoms with Crippen molar-refractivity contribution in [2.75, 3.05) is 29.0 Å². The molecular weight excluding hydrogens is 348 g/mol. The summed E-state index contributed by atoms with van der Waals surface area (Å²) >= 11 is 1.33. The summed E-state index contributed by atoms with van der Waals surface area (Å²) in [5.41, 5.74) is 9.09. The second kappa shape index (κ2) is 6.80. The number of rotatable bonds is 4. The molecule has 3 N–H and O–H groups in total. The molecule has 1 aliphatic rings. The van der Waals surface area contributed by atoms with Gasteiger partial charge >= 0.3 is 0 Å². The molecule has 3 aromatic rings. The highest BCUT2D eigenvalue weighted by molar-refractivity contribution is 7.19. The number of benzene rings is 1. The number of anilines is 3. The van der Waals surface area contributed by atoms with Gasteiger partial charge in [-0.3, -0.25) is 9.48 Å². The van der Waals surface area contributed by atoms with Crippen LogP contribution in [0.25, 0.3) is 10.6 Å². The van der Waals surface area contributed by atoms with E-state index < -0.39 is 0 Å². The SMILES string of the molecule is Cn1cc(NC(=O)c2nc(-c3cccc(N4CCCC4)c3)sc2N)cn1. The number of hydrogen-bond acceptors (Lipinski definition) is 6. The molecule has 0 unspecified atom stereocenters. The van der Waals surface area contributed by atoms with Gasteiger partial charge in [0.15, 0.2) is 5.69 Å². The molecule has 3 heterocycles. The number of aryl methyl sites for hydroxylation is 1. The number of amides is 1. The van der Waals surface area contributed by atoms with Crippen molar-refractivity contribution in [1.82, 2.24) is 14.8 Å². The average Bonchev–Trinajstić information content (AvgIpc) is 3.36. The average molecular weight is 368 g/mol. The molecule has 7 nitrogen and oxygen atoms in total. The van der Waals surface area contributed by atoms with E-state index in [2.05, 4.69) is 32.4 Å². The first-order chi connectivity index (χ1) is 12.6. The topological polar surface area (TPSA) is 89.1 Å². The second-order valence-corrected chi connectivity index (χ2v) is 7.36. The van der Waals surface area contributed by atoms with Gasteiger partial charge in [-0.25, -0.2) is 4.98 Å². The van der Waals surface area contributed by atoms with E-state index in [4.69, 9.17) is 5.73 Å². The molecule has 0 aliphatic carbocycles. The Bertz CT molecular complexity index is 941. The van der Waals surface area contributed by atoms with Crippen molar-refractivity contribution >= 4 is 33.6 Å². The van der Waals surface area contributed by atoms with Gasteiger partial charge in [0.05, 0.1) is 11.9 Å². The highest BCUT2D eigenvalue weighted by Gasteiger charge is 2.19. The van der Waals surface area contributed by atoms with Crippen LogP contribution in [-0.4, -0.2) is 33.8 Å². The summed E-state index contributed by atoms with van der Waals surface area (Å²) in [6.07, 6.45) is 5.77. The zero-order valence-electron chi connectivity index (χ0n) is 14.5. The standard InChI is InChI=1S/C18H20N6OS/c1-23-11-13(10-20-23)21-17(25)15-16(19)26-18(22-15)12-5-4-6-14(9-12)24-7-2-3-8-24/h4-6,9-11H,2-3,7-8,19H2,1H3,(H,21,25). The molecule has 1 saturated heterocycles. The van der Waals surface area contributed by atoms with E-state index in [0.29, 0.717) is 10.7 Å². The first-order valence-electron chi connectivity index (χ1n) is 8.52. The normalized spacial score (nSPS) is 14.0. The van der Waals surface area contributed by atoms with Crippen LogP contribution in [0, 0.1) is 0 Å². The van der Waals surface area contributed by atoms with Crippen molar-refractivity contribution in [2.45, 2.75) is 12.8 Å². The molecule has 2 aromatic heterocycles. The molecule has 0 bridgehead atoms. The van der Waals surface area contributed by atoms with Gasteiger partial charge in [-0.15, -0.1) is 0 Å². The summed E-state index contributed by atoms with van der Waals surface area (Å²) in [6.45, 7) is 2.17. The van der Waals surface area contributed by atoms with Gasteiger partial charge in [0.1, 0.15) is 10.0 Å². The molecule has 1 amide bonds. The first-order valence-corrected chi connectivity index (χ1v) is 9.33. The van der Waals surface area contributed by atoms with Crippen LogP contribution in [0.4, 0.5) is 16.4 Å². The molecule has 0 radical (unpaired) electrons. The molecule has 1 fully saturated rings. The molecule has 134 valence electrons. The summed E-state index contributed by atoms with van der Waals surface area (Å²) in [5.74, 6) is -0.325. The zero-order chi connectivity index (χ0) is 18.1. The van der Waals surface area contributed by atoms with E-state index >= 15 is 0 Å². The number of nitrogen functional groups attached to an aromatic ring is 1. The summed E-state index contributed by atoms with van der Waals surface area (Å²) in [5, 5.41) is 7.97. The Balaban J connectivity index is 1.58. The summed E-state index contributed by atoms with van der Waals surface area (Å²) in [4.78, 5) is 19.3. The monoisotopic (exact) mass is 368 g/mol. The minimum Gasteiger partial charge on any atom is -0.389 e. The molecule has 8 heteroatoms. The molecule has 1 aliphatic heterocycles. The summed E-state index contributed by atoms with van der Waals surface area (Å²) in [6, 6.07) is 8.25. The number of carbonyl (C=O) groups is 1. The quantitative estimate of drug-likeness (QED) is 0.739. The maximum atomic E-state index is 12.5. The van der Waals surface area contributed by atoms with Crippen LogP contribution in [0.2, 0.25) is 0 Å². The minimum absolute atomic E-state index is 0.250. The van der Waals surface area contributed by atoms with Crippen molar-refractivity contribution in [3.63, 3.8) is 0 Å². The van der Waals surface area contributed by atoms with E-state index in [1.54, 1.807) is 24.1 Å². The Morgan fingerprint density at radius 3 is 2.85 bits per heavy atom. The van der Waals surface area contributed by atoms with Crippen LogP contribution in [0.1, 0.15) is 23.3 Å². The van der Waals surface area contributed by atoms with Crippen LogP contribution in [0.15, 0.2) is 36.7 Å². The fourth-order valence-electron chi connectivity index (χ4n) is 3.11. The molecule has 4 rings (SSSR count). The molecule has 26 heavy (non-hydrogen) atoms. The molecule has 1 aromatic carbocycles. The van der Waals surface area contributed by atoms with Crippen molar-refractivity contribution in [2.24, 2.45) is 7.05 Å². The fraction of sp³-hybridized carbons (Fsp3) is 0.278. The smallest absolute Gasteiger partial charge is 0.277 e. The van der Waals surface area contributed by atoms with Gasteiger partial charge in [-0.2, -0.15) is 5.10 Å². The van der Waals surface area contributed by atoms with Gasteiger partial charge in [0.2, 0.25) is 0 Å². The first kappa shape index (κ1) is 16.6. The third-order valence-corrected chi connectivity index (χ3v) is 5.33. The summed E-state index contributed by atoms with van der Waals surface area (Å²) in [7, 11) is 1.79. The van der Waals surface area contributed by atoms with Crippen molar-refractivity contribution in [1.29, 1.82) is 0 Å². The van der Waals surface area contributed by atoms with E-state index in [1.165, 1.54) is 29.9 Å². The maximum absolute atomic E-state index is 12.5. The van der Waals surface area contributed by atoms with Crippen molar-refractivity contribution < 1.29 is 4.79 Å². The predicted molar refractivity (Wildman–Crippen MR) is 105 cm³/mol. The number of carbonyl (C=O) groups excluding carboxylic acids is 1. The minimum atomic E-state index is -0.325. The Hall–Kier alpha value is -2.87. The van der Waals surface area contributed by atoms with E-state index in [0.717, 1.165) is 23.7 Å². The lowest BCUT2D eigenvalue weighted by Crippen LogP contribution is -2.17. The fourth-order valence-corrected chi connectivity index (χ4v) is 3.93. The number of nitrogens with two attached hydrogens (primary N) is 1. The second-order valence-electron chi connectivity index (χ2n) is 6.33. The van der Waals surface area contributed by atoms with E-state index in [1.807, 2.05) is 12.1 Å². The lowest BCUT2D eigenvalue weighted by Gasteiger charge is -2.17. The van der Waals surface area contributed by atoms with Crippen LogP contribution < -0.4 is 16.0 Å². The van der Waals surface area contributed by atoms with Gasteiger partial charge in [-0.05, 0) is 25.0 Å². The van der Waals surface area contributed by atoms with Gasteiger partial charge in [0, 0.05) is 37.6 Å². The van der Waals surface area contributed by atoms with Gasteiger partial charge < -0.3 is 16.0 Å². The molecule has 0 atom stereocenters. The number of aromatic nitrogens is 3. The van der Waals surface area contributed by atoms with Crippen LogP contribution in [0.5, 0.6) is 0 Å². The number of thiazole rings is 1. The summed E-state index contributed by atoms with van der Waals surface area (Å²) < 4.78 is 1.62. The lowest BCUT2D eigenvalue weighted by molar-refractivity contribution is 0.102. The van der Waals surface area contributed by atoms with Gasteiger partial charge in [0.25, 0.3) is 5.91 Å². The predicted octanol–water partition coefficient (Wildman–Crippen LogP) is 2.98. The number of nitrogens with one attached hydrogen (secondary N) is 1. The third kappa shape index (κ3) is 3.28. The van der Waals surface area contributed by atoms with E-state index in [9.17, 15) is 4.79 Å². The molecule has 0 spiro atoms. The Morgan fingerprint density at radius 1 is 1.31 bits per heavy atom. The lowest BCUT2D eigenvalue weighted by atomic mass is 10.2. The van der Waals surface area contributed by atoms with Crippen LogP contribution in [0.3, 0.4) is 0 Å². The third-order valence-electron chi connectivity index (χ3n) is 4.40. The Kier molecular flexibility index (Phi) is 4.34. The van der Waals surface area contributed by atoms with Crippen molar-refractivity contribution in [3.05, 3.63) is 42.4 Å². The number of nitrogens with zero attached hydrogens (tertiary/aromatic N) is 4. The maximum Gasteiger partial charge on any atom is 0.277 e. The molecule has 0 saturated carbocycles. The van der Waals surface area contributed by atoms with Crippen LogP contribution in [-0.2, 0) is 7.05 Å². The highest BCUT2D eigenvalue weighted by Crippen LogP contribution is 2.33. The largest absolute Gasteiger partial charge is 0.389 e. The molecular formula is C18H20N6OS. The highest BCUT2D eigenvalue weighted by atomic mass is 32.1. The van der Waals surface area contributed by atoms with Crippen LogP contribution >= 0.6 is 11.3 Å². The van der Waals surface area contributed by atoms with Gasteiger partial charge in [-0.1, -0.05) is 23.5 Å². The van der Waals surface area contributed by atoms with Crippen molar-refractivity contribution in [3.8, 4) is 10.6 Å². The Labute approximate surface area is 155 Å².